The van der Waals surface area contributed by atoms with Gasteiger partial charge in [0.25, 0.3) is 0 Å². The van der Waals surface area contributed by atoms with E-state index >= 15 is 0 Å². The molecule has 1 aliphatic rings. The summed E-state index contributed by atoms with van der Waals surface area (Å²) in [7, 11) is 0. The van der Waals surface area contributed by atoms with Gasteiger partial charge >= 0.3 is 12.1 Å². The van der Waals surface area contributed by atoms with Gasteiger partial charge in [-0.05, 0) is 0 Å². The molecule has 0 aromatic heterocycles. The van der Waals surface area contributed by atoms with Crippen molar-refractivity contribution < 1.29 is 9.59 Å². The standard InChI is InChI=1S/C4H6N4O2/c9-3-5-1-2-6-4(10)8-7-3/h1-2H2,(H,5,9)(H,6,10)/b8-7-. The number of hydrogen-bond acceptors (Lipinski definition) is 2. The molecule has 0 saturated heterocycles. The molecular weight excluding hydrogens is 136 g/mol. The zero-order valence-electron chi connectivity index (χ0n) is 5.13. The summed E-state index contributed by atoms with van der Waals surface area (Å²) in [5.74, 6) is 0. The predicted octanol–water partition coefficient (Wildman–Crippen LogP) is -0.129. The monoisotopic (exact) mass is 142 g/mol. The van der Waals surface area contributed by atoms with E-state index in [9.17, 15) is 9.59 Å². The lowest BCUT2D eigenvalue weighted by Gasteiger charge is -2.03. The van der Waals surface area contributed by atoms with Gasteiger partial charge < -0.3 is 10.6 Å². The number of carbonyl (C=O) groups is 2. The van der Waals surface area contributed by atoms with Crippen LogP contribution in [0.2, 0.25) is 0 Å². The number of carbonyl (C=O) groups excluding carboxylic acids is 2. The van der Waals surface area contributed by atoms with Crippen molar-refractivity contribution in [1.29, 1.82) is 0 Å². The molecule has 0 unspecified atom stereocenters. The van der Waals surface area contributed by atoms with Gasteiger partial charge in [0.05, 0.1) is 0 Å². The minimum atomic E-state index is -0.574. The molecule has 1 heterocycles. The van der Waals surface area contributed by atoms with E-state index in [1.54, 1.807) is 0 Å². The highest BCUT2D eigenvalue weighted by molar-refractivity contribution is 5.80. The van der Waals surface area contributed by atoms with Crippen molar-refractivity contribution in [3.8, 4) is 0 Å². The Balaban J connectivity index is 2.58. The van der Waals surface area contributed by atoms with Crippen LogP contribution in [-0.2, 0) is 0 Å². The quantitative estimate of drug-likeness (QED) is 0.493. The summed E-state index contributed by atoms with van der Waals surface area (Å²) in [6.45, 7) is 0.785. The summed E-state index contributed by atoms with van der Waals surface area (Å²) in [5, 5.41) is 10.8. The number of azo groups is 1. The molecule has 0 spiro atoms. The number of hydrogen-bond donors (Lipinski definition) is 2. The maximum atomic E-state index is 10.4. The molecule has 0 fully saturated rings. The van der Waals surface area contributed by atoms with Crippen LogP contribution in [0.4, 0.5) is 9.59 Å². The number of amides is 4. The Hall–Kier alpha value is -1.46. The first-order valence-corrected chi connectivity index (χ1v) is 2.76. The fourth-order valence-corrected chi connectivity index (χ4v) is 0.500. The lowest BCUT2D eigenvalue weighted by atomic mass is 10.6. The molecule has 0 aromatic rings. The lowest BCUT2D eigenvalue weighted by Crippen LogP contribution is -2.34. The van der Waals surface area contributed by atoms with Crippen LogP contribution in [0.25, 0.3) is 0 Å². The van der Waals surface area contributed by atoms with E-state index in [-0.39, 0.29) is 0 Å². The van der Waals surface area contributed by atoms with E-state index < -0.39 is 12.1 Å². The fraction of sp³-hybridized carbons (Fsp3) is 0.500. The second-order valence-corrected chi connectivity index (χ2v) is 1.66. The molecule has 4 amide bonds. The highest BCUT2D eigenvalue weighted by Gasteiger charge is 2.03. The zero-order valence-corrected chi connectivity index (χ0v) is 5.13. The molecular formula is C4H6N4O2. The van der Waals surface area contributed by atoms with Gasteiger partial charge in [-0.25, -0.2) is 9.59 Å². The van der Waals surface area contributed by atoms with Gasteiger partial charge in [0, 0.05) is 13.1 Å². The van der Waals surface area contributed by atoms with Gasteiger partial charge in [-0.15, -0.1) is 0 Å². The lowest BCUT2D eigenvalue weighted by molar-refractivity contribution is 0.238. The minimum absolute atomic E-state index is 0.392. The number of nitrogens with zero attached hydrogens (tertiary/aromatic N) is 2. The largest absolute Gasteiger partial charge is 0.359 e. The molecule has 6 heteroatoms. The molecule has 0 radical (unpaired) electrons. The van der Waals surface area contributed by atoms with E-state index in [1.165, 1.54) is 0 Å². The Morgan fingerprint density at radius 2 is 1.40 bits per heavy atom. The molecule has 0 bridgehead atoms. The summed E-state index contributed by atoms with van der Waals surface area (Å²) in [5.41, 5.74) is 0. The first-order valence-electron chi connectivity index (χ1n) is 2.76. The van der Waals surface area contributed by atoms with Crippen molar-refractivity contribution in [3.63, 3.8) is 0 Å². The van der Waals surface area contributed by atoms with Gasteiger partial charge in [-0.3, -0.25) is 0 Å². The van der Waals surface area contributed by atoms with E-state index in [1.807, 2.05) is 0 Å². The summed E-state index contributed by atoms with van der Waals surface area (Å²) < 4.78 is 0. The Kier molecular flexibility index (Phi) is 1.93. The molecule has 54 valence electrons. The minimum Gasteiger partial charge on any atom is -0.333 e. The van der Waals surface area contributed by atoms with Gasteiger partial charge in [-0.2, -0.15) is 0 Å². The van der Waals surface area contributed by atoms with Gasteiger partial charge in [0.2, 0.25) is 0 Å². The van der Waals surface area contributed by atoms with Gasteiger partial charge in [-0.1, -0.05) is 10.2 Å². The highest BCUT2D eigenvalue weighted by atomic mass is 16.2. The van der Waals surface area contributed by atoms with Crippen LogP contribution >= 0.6 is 0 Å². The Morgan fingerprint density at radius 1 is 1.00 bits per heavy atom. The maximum Gasteiger partial charge on any atom is 0.359 e. The molecule has 10 heavy (non-hydrogen) atoms. The maximum absolute atomic E-state index is 10.4. The van der Waals surface area contributed by atoms with Crippen LogP contribution in [0.1, 0.15) is 0 Å². The number of rotatable bonds is 0. The summed E-state index contributed by atoms with van der Waals surface area (Å²) >= 11 is 0. The summed E-state index contributed by atoms with van der Waals surface area (Å²) in [6.07, 6.45) is 0. The van der Waals surface area contributed by atoms with Gasteiger partial charge in [0.15, 0.2) is 0 Å². The molecule has 2 N–H and O–H groups in total. The van der Waals surface area contributed by atoms with Crippen molar-refractivity contribution >= 4 is 12.1 Å². The number of nitrogens with one attached hydrogen (secondary N) is 2. The molecule has 6 nitrogen and oxygen atoms in total. The third-order valence-electron chi connectivity index (χ3n) is 0.909. The third-order valence-corrected chi connectivity index (χ3v) is 0.909. The van der Waals surface area contributed by atoms with Gasteiger partial charge in [0.1, 0.15) is 0 Å². The van der Waals surface area contributed by atoms with Crippen molar-refractivity contribution in [1.82, 2.24) is 10.6 Å². The highest BCUT2D eigenvalue weighted by Crippen LogP contribution is 1.82. The predicted molar refractivity (Wildman–Crippen MR) is 31.7 cm³/mol. The second kappa shape index (κ2) is 2.90. The SMILES string of the molecule is O=C1/N=N\C(=O)NCCN1. The van der Waals surface area contributed by atoms with Crippen LogP contribution in [-0.4, -0.2) is 25.2 Å². The molecule has 0 aromatic carbocycles. The van der Waals surface area contributed by atoms with Crippen molar-refractivity contribution in [2.75, 3.05) is 13.1 Å². The first kappa shape index (κ1) is 6.66. The van der Waals surface area contributed by atoms with Crippen LogP contribution < -0.4 is 10.6 Å². The fourth-order valence-electron chi connectivity index (χ4n) is 0.500. The zero-order chi connectivity index (χ0) is 7.40. The average molecular weight is 142 g/mol. The normalized spacial score (nSPS) is 22.0. The van der Waals surface area contributed by atoms with E-state index in [2.05, 4.69) is 20.9 Å². The van der Waals surface area contributed by atoms with Crippen LogP contribution in [0, 0.1) is 0 Å². The van der Waals surface area contributed by atoms with E-state index in [0.29, 0.717) is 13.1 Å². The number of urea groups is 2. The van der Waals surface area contributed by atoms with Crippen molar-refractivity contribution in [3.05, 3.63) is 0 Å². The molecule has 0 atom stereocenters. The summed E-state index contributed by atoms with van der Waals surface area (Å²) in [4.78, 5) is 20.9. The Bertz CT molecular complexity index is 168. The van der Waals surface area contributed by atoms with Crippen molar-refractivity contribution in [2.45, 2.75) is 0 Å². The van der Waals surface area contributed by atoms with E-state index in [4.69, 9.17) is 0 Å². The molecule has 0 saturated carbocycles. The smallest absolute Gasteiger partial charge is 0.333 e. The molecule has 1 rings (SSSR count). The second-order valence-electron chi connectivity index (χ2n) is 1.66. The first-order chi connectivity index (χ1) is 4.79. The van der Waals surface area contributed by atoms with Crippen LogP contribution in [0.3, 0.4) is 0 Å². The topological polar surface area (TPSA) is 82.9 Å². The third kappa shape index (κ3) is 1.81. The molecule has 1 aliphatic heterocycles. The Morgan fingerprint density at radius 3 is 1.80 bits per heavy atom. The van der Waals surface area contributed by atoms with E-state index in [0.717, 1.165) is 0 Å². The Labute approximate surface area is 56.7 Å². The van der Waals surface area contributed by atoms with Crippen LogP contribution in [0.5, 0.6) is 0 Å². The average Bonchev–Trinajstić information content (AvgIpc) is 1.90. The summed E-state index contributed by atoms with van der Waals surface area (Å²) in [6, 6.07) is -1.15. The van der Waals surface area contributed by atoms with Crippen LogP contribution in [0.15, 0.2) is 10.2 Å². The van der Waals surface area contributed by atoms with Crippen molar-refractivity contribution in [2.24, 2.45) is 10.2 Å². The molecule has 0 aliphatic carbocycles.